The molecule has 2 aliphatic rings. The van der Waals surface area contributed by atoms with Crippen molar-refractivity contribution < 1.29 is 13.9 Å². The van der Waals surface area contributed by atoms with E-state index >= 15 is 0 Å². The van der Waals surface area contributed by atoms with Gasteiger partial charge in [0.2, 0.25) is 5.91 Å². The lowest BCUT2D eigenvalue weighted by molar-refractivity contribution is -0.132. The molecule has 6 nitrogen and oxygen atoms in total. The van der Waals surface area contributed by atoms with Crippen molar-refractivity contribution in [1.29, 1.82) is 0 Å². The van der Waals surface area contributed by atoms with Gasteiger partial charge in [-0.1, -0.05) is 6.07 Å². The minimum absolute atomic E-state index is 0.0310. The van der Waals surface area contributed by atoms with Gasteiger partial charge in [-0.05, 0) is 24.1 Å². The van der Waals surface area contributed by atoms with Crippen LogP contribution in [0, 0.1) is 0 Å². The predicted molar refractivity (Wildman–Crippen MR) is 86.9 cm³/mol. The fraction of sp³-hybridized carbons (Fsp3) is 0.444. The number of hydrogen-bond donors (Lipinski definition) is 1. The molecule has 0 aromatic carbocycles. The van der Waals surface area contributed by atoms with Gasteiger partial charge in [-0.25, -0.2) is 0 Å². The highest BCUT2D eigenvalue weighted by Gasteiger charge is 2.45. The van der Waals surface area contributed by atoms with Gasteiger partial charge in [0.1, 0.15) is 6.10 Å². The summed E-state index contributed by atoms with van der Waals surface area (Å²) in [7, 11) is 0. The van der Waals surface area contributed by atoms with Gasteiger partial charge >= 0.3 is 0 Å². The molecule has 2 aromatic heterocycles. The number of aromatic nitrogens is 1. The van der Waals surface area contributed by atoms with Crippen molar-refractivity contribution in [2.24, 2.45) is 0 Å². The molecule has 0 aliphatic carbocycles. The third-order valence-electron chi connectivity index (χ3n) is 4.84. The first-order valence-corrected chi connectivity index (χ1v) is 8.37. The molecule has 3 atom stereocenters. The van der Waals surface area contributed by atoms with Crippen molar-refractivity contribution in [2.75, 3.05) is 6.54 Å². The van der Waals surface area contributed by atoms with E-state index in [0.717, 1.165) is 31.5 Å². The molecule has 1 amide bonds. The number of furan rings is 1. The number of carbonyl (C=O) groups is 1. The third-order valence-corrected chi connectivity index (χ3v) is 4.84. The zero-order valence-corrected chi connectivity index (χ0v) is 13.4. The monoisotopic (exact) mass is 327 g/mol. The number of nitrogens with one attached hydrogen (secondary N) is 1. The first-order chi connectivity index (χ1) is 11.8. The standard InChI is InChI=1S/C18H21N3O3/c22-18(20-10-13-2-1-5-19-9-13)17-8-15-16(24-17)3-6-21(15)11-14-4-7-23-12-14/h1-2,4-5,7,9,12,15-17H,3,6,8,10-11H2,(H,20,22)/t15-,16-,17+/m1/s1. The number of hydrogen-bond acceptors (Lipinski definition) is 5. The molecule has 0 radical (unpaired) electrons. The molecule has 24 heavy (non-hydrogen) atoms. The summed E-state index contributed by atoms with van der Waals surface area (Å²) in [5, 5.41) is 2.95. The average molecular weight is 327 g/mol. The van der Waals surface area contributed by atoms with E-state index in [-0.39, 0.29) is 18.1 Å². The van der Waals surface area contributed by atoms with Crippen LogP contribution in [0.3, 0.4) is 0 Å². The largest absolute Gasteiger partial charge is 0.472 e. The second kappa shape index (κ2) is 6.75. The molecule has 126 valence electrons. The summed E-state index contributed by atoms with van der Waals surface area (Å²) in [5.41, 5.74) is 2.16. The van der Waals surface area contributed by atoms with Gasteiger partial charge < -0.3 is 14.5 Å². The summed E-state index contributed by atoms with van der Waals surface area (Å²) in [6, 6.07) is 6.12. The van der Waals surface area contributed by atoms with E-state index in [9.17, 15) is 4.79 Å². The van der Waals surface area contributed by atoms with Crippen LogP contribution in [0.4, 0.5) is 0 Å². The molecule has 2 aromatic rings. The molecular formula is C18H21N3O3. The van der Waals surface area contributed by atoms with Crippen LogP contribution < -0.4 is 5.32 Å². The van der Waals surface area contributed by atoms with Gasteiger partial charge in [0, 0.05) is 50.1 Å². The summed E-state index contributed by atoms with van der Waals surface area (Å²) in [6.45, 7) is 2.34. The van der Waals surface area contributed by atoms with E-state index in [1.54, 1.807) is 24.9 Å². The molecule has 2 aliphatic heterocycles. The summed E-state index contributed by atoms with van der Waals surface area (Å²) in [5.74, 6) is -0.0310. The first kappa shape index (κ1) is 15.4. The molecule has 4 heterocycles. The Bertz CT molecular complexity index is 674. The zero-order chi connectivity index (χ0) is 16.4. The number of nitrogens with zero attached hydrogens (tertiary/aromatic N) is 2. The number of rotatable bonds is 5. The lowest BCUT2D eigenvalue weighted by Crippen LogP contribution is -2.36. The highest BCUT2D eigenvalue weighted by atomic mass is 16.5. The fourth-order valence-electron chi connectivity index (χ4n) is 3.62. The topological polar surface area (TPSA) is 67.6 Å². The van der Waals surface area contributed by atoms with Crippen molar-refractivity contribution in [1.82, 2.24) is 15.2 Å². The van der Waals surface area contributed by atoms with Crippen LogP contribution in [0.5, 0.6) is 0 Å². The molecule has 2 fully saturated rings. The van der Waals surface area contributed by atoms with Crippen molar-refractivity contribution in [3.05, 3.63) is 54.2 Å². The Hall–Kier alpha value is -2.18. The van der Waals surface area contributed by atoms with Crippen molar-refractivity contribution in [2.45, 2.75) is 44.2 Å². The molecule has 0 unspecified atom stereocenters. The molecule has 6 heteroatoms. The van der Waals surface area contributed by atoms with Crippen molar-refractivity contribution in [3.63, 3.8) is 0 Å². The average Bonchev–Trinajstić information content (AvgIpc) is 3.32. The van der Waals surface area contributed by atoms with Crippen LogP contribution in [0.2, 0.25) is 0 Å². The maximum Gasteiger partial charge on any atom is 0.249 e. The number of fused-ring (bicyclic) bond motifs is 1. The maximum absolute atomic E-state index is 12.4. The number of amides is 1. The van der Waals surface area contributed by atoms with E-state index in [0.29, 0.717) is 12.6 Å². The maximum atomic E-state index is 12.4. The van der Waals surface area contributed by atoms with E-state index < -0.39 is 0 Å². The minimum atomic E-state index is -0.358. The highest BCUT2D eigenvalue weighted by molar-refractivity contribution is 5.81. The van der Waals surface area contributed by atoms with Crippen LogP contribution in [-0.4, -0.2) is 40.6 Å². The number of likely N-dealkylation sites (tertiary alicyclic amines) is 1. The number of carbonyl (C=O) groups excluding carboxylic acids is 1. The van der Waals surface area contributed by atoms with Gasteiger partial charge in [-0.3, -0.25) is 14.7 Å². The Labute approximate surface area is 140 Å². The van der Waals surface area contributed by atoms with Crippen molar-refractivity contribution >= 4 is 5.91 Å². The molecule has 0 saturated carbocycles. The number of pyridine rings is 1. The van der Waals surface area contributed by atoms with Crippen LogP contribution in [0.1, 0.15) is 24.0 Å². The molecule has 2 saturated heterocycles. The van der Waals surface area contributed by atoms with Crippen molar-refractivity contribution in [3.8, 4) is 0 Å². The SMILES string of the molecule is O=C(NCc1cccnc1)[C@@H]1C[C@@H]2[C@@H](CCN2Cc2ccoc2)O1. The molecule has 4 rings (SSSR count). The summed E-state index contributed by atoms with van der Waals surface area (Å²) in [4.78, 5) is 18.8. The fourth-order valence-corrected chi connectivity index (χ4v) is 3.62. The highest BCUT2D eigenvalue weighted by Crippen LogP contribution is 2.34. The van der Waals surface area contributed by atoms with Crippen LogP contribution in [-0.2, 0) is 22.6 Å². The summed E-state index contributed by atoms with van der Waals surface area (Å²) >= 11 is 0. The normalized spacial score (nSPS) is 26.4. The summed E-state index contributed by atoms with van der Waals surface area (Å²) < 4.78 is 11.1. The Balaban J connectivity index is 1.31. The predicted octanol–water partition coefficient (Wildman–Crippen LogP) is 1.72. The van der Waals surface area contributed by atoms with E-state index in [1.165, 1.54) is 5.56 Å². The Morgan fingerprint density at radius 3 is 3.12 bits per heavy atom. The Morgan fingerprint density at radius 1 is 1.38 bits per heavy atom. The van der Waals surface area contributed by atoms with Crippen LogP contribution in [0.25, 0.3) is 0 Å². The Morgan fingerprint density at radius 2 is 2.33 bits per heavy atom. The lowest BCUT2D eigenvalue weighted by Gasteiger charge is -2.21. The molecule has 1 N–H and O–H groups in total. The van der Waals surface area contributed by atoms with Gasteiger partial charge in [0.15, 0.2) is 0 Å². The van der Waals surface area contributed by atoms with Gasteiger partial charge in [0.05, 0.1) is 18.6 Å². The lowest BCUT2D eigenvalue weighted by atomic mass is 10.1. The number of ether oxygens (including phenoxy) is 1. The van der Waals surface area contributed by atoms with Crippen LogP contribution in [0.15, 0.2) is 47.5 Å². The summed E-state index contributed by atoms with van der Waals surface area (Å²) in [6.07, 6.45) is 8.49. The van der Waals surface area contributed by atoms with Gasteiger partial charge in [-0.2, -0.15) is 0 Å². The smallest absolute Gasteiger partial charge is 0.249 e. The van der Waals surface area contributed by atoms with Crippen LogP contribution >= 0.6 is 0 Å². The van der Waals surface area contributed by atoms with Gasteiger partial charge in [-0.15, -0.1) is 0 Å². The Kier molecular flexibility index (Phi) is 4.32. The second-order valence-corrected chi connectivity index (χ2v) is 6.44. The molecule has 0 bridgehead atoms. The molecule has 0 spiro atoms. The second-order valence-electron chi connectivity index (χ2n) is 6.44. The molecular weight excluding hydrogens is 306 g/mol. The first-order valence-electron chi connectivity index (χ1n) is 8.37. The van der Waals surface area contributed by atoms with Gasteiger partial charge in [0.25, 0.3) is 0 Å². The quantitative estimate of drug-likeness (QED) is 0.906. The zero-order valence-electron chi connectivity index (χ0n) is 13.4. The third kappa shape index (κ3) is 3.20. The van der Waals surface area contributed by atoms with E-state index in [1.807, 2.05) is 18.2 Å². The van der Waals surface area contributed by atoms with E-state index in [2.05, 4.69) is 15.2 Å². The van der Waals surface area contributed by atoms with E-state index in [4.69, 9.17) is 9.15 Å². The minimum Gasteiger partial charge on any atom is -0.472 e.